The van der Waals surface area contributed by atoms with Gasteiger partial charge in [0.15, 0.2) is 0 Å². The van der Waals surface area contributed by atoms with Crippen molar-refractivity contribution >= 4 is 19.7 Å². The lowest BCUT2D eigenvalue weighted by atomic mass is 10.2. The predicted octanol–water partition coefficient (Wildman–Crippen LogP) is 3.20. The maximum absolute atomic E-state index is 10.7. The van der Waals surface area contributed by atoms with Gasteiger partial charge in [-0.25, -0.2) is 8.42 Å². The Bertz CT molecular complexity index is 456. The Morgan fingerprint density at radius 1 is 1.00 bits per heavy atom. The molecule has 0 unspecified atom stereocenters. The molecule has 4 nitrogen and oxygen atoms in total. The van der Waals surface area contributed by atoms with Crippen LogP contribution in [0.15, 0.2) is 24.3 Å². The molecule has 0 saturated carbocycles. The Morgan fingerprint density at radius 2 is 1.58 bits per heavy atom. The highest BCUT2D eigenvalue weighted by Gasteiger charge is 2.03. The molecule has 19 heavy (non-hydrogen) atoms. The first-order valence-electron chi connectivity index (χ1n) is 6.20. The molecule has 0 aliphatic heterocycles. The second kappa shape index (κ2) is 8.27. The van der Waals surface area contributed by atoms with Crippen molar-refractivity contribution in [3.63, 3.8) is 0 Å². The average molecular weight is 307 g/mol. The highest BCUT2D eigenvalue weighted by molar-refractivity contribution is 8.13. The predicted molar refractivity (Wildman–Crippen MR) is 76.6 cm³/mol. The summed E-state index contributed by atoms with van der Waals surface area (Å²) in [6.07, 6.45) is 3.28. The van der Waals surface area contributed by atoms with Crippen LogP contribution in [0.3, 0.4) is 0 Å². The zero-order valence-corrected chi connectivity index (χ0v) is 12.5. The zero-order valence-electron chi connectivity index (χ0n) is 11.0. The minimum absolute atomic E-state index is 0.0495. The standard InChI is InChI=1S/C13H19ClO4S/c1-17-12-6-8-13(9-7-12)18-10-4-2-3-5-11-19(14,15)16/h6-9H,2-5,10-11H2,1H3. The first-order valence-corrected chi connectivity index (χ1v) is 8.68. The van der Waals surface area contributed by atoms with E-state index < -0.39 is 9.05 Å². The lowest BCUT2D eigenvalue weighted by Gasteiger charge is -2.06. The van der Waals surface area contributed by atoms with E-state index in [1.54, 1.807) is 7.11 Å². The van der Waals surface area contributed by atoms with Crippen LogP contribution in [-0.4, -0.2) is 27.9 Å². The van der Waals surface area contributed by atoms with Crippen molar-refractivity contribution in [1.82, 2.24) is 0 Å². The van der Waals surface area contributed by atoms with Crippen molar-refractivity contribution in [1.29, 1.82) is 0 Å². The highest BCUT2D eigenvalue weighted by Crippen LogP contribution is 2.17. The third-order valence-electron chi connectivity index (χ3n) is 2.61. The molecule has 0 spiro atoms. The highest BCUT2D eigenvalue weighted by atomic mass is 35.7. The Hall–Kier alpha value is -0.940. The number of benzene rings is 1. The lowest BCUT2D eigenvalue weighted by Crippen LogP contribution is -1.99. The molecule has 0 atom stereocenters. The molecule has 108 valence electrons. The van der Waals surface area contributed by atoms with E-state index in [2.05, 4.69) is 0 Å². The van der Waals surface area contributed by atoms with Crippen molar-refractivity contribution in [3.05, 3.63) is 24.3 Å². The van der Waals surface area contributed by atoms with Crippen molar-refractivity contribution in [2.45, 2.75) is 25.7 Å². The summed E-state index contributed by atoms with van der Waals surface area (Å²) in [7, 11) is 3.40. The van der Waals surface area contributed by atoms with E-state index in [0.29, 0.717) is 13.0 Å². The normalized spacial score (nSPS) is 11.3. The van der Waals surface area contributed by atoms with Crippen LogP contribution >= 0.6 is 10.7 Å². The van der Waals surface area contributed by atoms with E-state index in [1.165, 1.54) is 0 Å². The molecule has 0 aromatic heterocycles. The first kappa shape index (κ1) is 16.1. The Morgan fingerprint density at radius 3 is 2.16 bits per heavy atom. The maximum Gasteiger partial charge on any atom is 0.232 e. The molecule has 0 fully saturated rings. The summed E-state index contributed by atoms with van der Waals surface area (Å²) < 4.78 is 32.0. The lowest BCUT2D eigenvalue weighted by molar-refractivity contribution is 0.304. The summed E-state index contributed by atoms with van der Waals surface area (Å²) in [5, 5.41) is 0. The summed E-state index contributed by atoms with van der Waals surface area (Å²) in [6.45, 7) is 0.625. The monoisotopic (exact) mass is 306 g/mol. The van der Waals surface area contributed by atoms with Gasteiger partial charge in [-0.3, -0.25) is 0 Å². The second-order valence-corrected chi connectivity index (χ2v) is 7.08. The van der Waals surface area contributed by atoms with Crippen LogP contribution in [0.5, 0.6) is 11.5 Å². The largest absolute Gasteiger partial charge is 0.497 e. The number of ether oxygens (including phenoxy) is 2. The van der Waals surface area contributed by atoms with Gasteiger partial charge in [0.2, 0.25) is 9.05 Å². The molecule has 0 amide bonds. The molecule has 0 bridgehead atoms. The van der Waals surface area contributed by atoms with Gasteiger partial charge in [-0.2, -0.15) is 0 Å². The van der Waals surface area contributed by atoms with E-state index in [1.807, 2.05) is 24.3 Å². The number of unbranched alkanes of at least 4 members (excludes halogenated alkanes) is 3. The first-order chi connectivity index (χ1) is 9.01. The fourth-order valence-corrected chi connectivity index (χ4v) is 2.47. The SMILES string of the molecule is COc1ccc(OCCCCCCS(=O)(=O)Cl)cc1. The van der Waals surface area contributed by atoms with Crippen LogP contribution in [0, 0.1) is 0 Å². The molecule has 6 heteroatoms. The van der Waals surface area contributed by atoms with Gasteiger partial charge in [0, 0.05) is 10.7 Å². The number of hydrogen-bond donors (Lipinski definition) is 0. The van der Waals surface area contributed by atoms with Crippen molar-refractivity contribution < 1.29 is 17.9 Å². The van der Waals surface area contributed by atoms with Crippen molar-refractivity contribution in [2.24, 2.45) is 0 Å². The maximum atomic E-state index is 10.7. The molecule has 1 aromatic carbocycles. The number of halogens is 1. The third kappa shape index (κ3) is 7.95. The van der Waals surface area contributed by atoms with Crippen LogP contribution in [-0.2, 0) is 9.05 Å². The Labute approximate surface area is 119 Å². The van der Waals surface area contributed by atoms with Gasteiger partial charge in [-0.1, -0.05) is 12.8 Å². The molecule has 0 N–H and O–H groups in total. The van der Waals surface area contributed by atoms with Gasteiger partial charge < -0.3 is 9.47 Å². The summed E-state index contributed by atoms with van der Waals surface area (Å²) in [6, 6.07) is 7.42. The van der Waals surface area contributed by atoms with Gasteiger partial charge in [0.05, 0.1) is 19.5 Å². The number of rotatable bonds is 9. The molecule has 0 aliphatic carbocycles. The summed E-state index contributed by atoms with van der Waals surface area (Å²) in [5.41, 5.74) is 0. The molecule has 1 rings (SSSR count). The van der Waals surface area contributed by atoms with Crippen LogP contribution in [0.25, 0.3) is 0 Å². The van der Waals surface area contributed by atoms with Crippen molar-refractivity contribution in [3.8, 4) is 11.5 Å². The zero-order chi connectivity index (χ0) is 14.1. The van der Waals surface area contributed by atoms with Crippen LogP contribution < -0.4 is 9.47 Å². The van der Waals surface area contributed by atoms with Crippen LogP contribution in [0.2, 0.25) is 0 Å². The molecular formula is C13H19ClO4S. The van der Waals surface area contributed by atoms with Gasteiger partial charge in [-0.05, 0) is 37.1 Å². The van der Waals surface area contributed by atoms with Gasteiger partial charge in [-0.15, -0.1) is 0 Å². The quantitative estimate of drug-likeness (QED) is 0.519. The van der Waals surface area contributed by atoms with Crippen molar-refractivity contribution in [2.75, 3.05) is 19.5 Å². The van der Waals surface area contributed by atoms with Crippen LogP contribution in [0.4, 0.5) is 0 Å². The van der Waals surface area contributed by atoms with E-state index in [0.717, 1.165) is 30.8 Å². The average Bonchev–Trinajstić information content (AvgIpc) is 2.37. The summed E-state index contributed by atoms with van der Waals surface area (Å²) in [5.74, 6) is 1.66. The Balaban J connectivity index is 2.07. The van der Waals surface area contributed by atoms with E-state index in [-0.39, 0.29) is 5.75 Å². The number of hydrogen-bond acceptors (Lipinski definition) is 4. The molecule has 0 saturated heterocycles. The minimum Gasteiger partial charge on any atom is -0.497 e. The van der Waals surface area contributed by atoms with Gasteiger partial charge in [0.1, 0.15) is 11.5 Å². The Kier molecular flexibility index (Phi) is 7.02. The van der Waals surface area contributed by atoms with E-state index >= 15 is 0 Å². The van der Waals surface area contributed by atoms with E-state index in [4.69, 9.17) is 20.2 Å². The smallest absolute Gasteiger partial charge is 0.232 e. The molecule has 1 aromatic rings. The minimum atomic E-state index is -3.34. The topological polar surface area (TPSA) is 52.6 Å². The molecule has 0 radical (unpaired) electrons. The fraction of sp³-hybridized carbons (Fsp3) is 0.538. The summed E-state index contributed by atoms with van der Waals surface area (Å²) in [4.78, 5) is 0. The third-order valence-corrected chi connectivity index (χ3v) is 3.85. The molecular weight excluding hydrogens is 288 g/mol. The second-order valence-electron chi connectivity index (χ2n) is 4.18. The van der Waals surface area contributed by atoms with E-state index in [9.17, 15) is 8.42 Å². The van der Waals surface area contributed by atoms with Crippen LogP contribution in [0.1, 0.15) is 25.7 Å². The van der Waals surface area contributed by atoms with Gasteiger partial charge >= 0.3 is 0 Å². The fourth-order valence-electron chi connectivity index (χ4n) is 1.59. The van der Waals surface area contributed by atoms with Gasteiger partial charge in [0.25, 0.3) is 0 Å². The molecule has 0 heterocycles. The number of methoxy groups -OCH3 is 1. The molecule has 0 aliphatic rings. The summed E-state index contributed by atoms with van der Waals surface area (Å²) >= 11 is 0.